The maximum atomic E-state index is 12.6. The molecule has 0 saturated heterocycles. The summed E-state index contributed by atoms with van der Waals surface area (Å²) < 4.78 is 113. The molecule has 0 amide bonds. The molecule has 1 aromatic rings. The van der Waals surface area contributed by atoms with Crippen LogP contribution in [0.2, 0.25) is 0 Å². The molecule has 0 aromatic heterocycles. The molecule has 0 fully saturated rings. The molecule has 3 atom stereocenters. The van der Waals surface area contributed by atoms with Gasteiger partial charge in [-0.3, -0.25) is 0 Å². The van der Waals surface area contributed by atoms with Gasteiger partial charge in [0.2, 0.25) is 0 Å². The van der Waals surface area contributed by atoms with Crippen molar-refractivity contribution in [1.82, 2.24) is 0 Å². The second-order valence-electron chi connectivity index (χ2n) is 7.34. The molecule has 3 unspecified atom stereocenters. The van der Waals surface area contributed by atoms with Gasteiger partial charge in [-0.05, 0) is 0 Å². The maximum absolute atomic E-state index is 12.6. The van der Waals surface area contributed by atoms with Crippen LogP contribution in [0.15, 0.2) is 24.3 Å². The van der Waals surface area contributed by atoms with Crippen LogP contribution >= 0.6 is 0 Å². The van der Waals surface area contributed by atoms with Gasteiger partial charge in [-0.25, -0.2) is 12.1 Å². The number of rotatable bonds is 4. The van der Waals surface area contributed by atoms with Gasteiger partial charge in [0, 0.05) is 0 Å². The van der Waals surface area contributed by atoms with Gasteiger partial charge in [0.05, 0.1) is 0 Å². The fourth-order valence-corrected chi connectivity index (χ4v) is 4.24. The summed E-state index contributed by atoms with van der Waals surface area (Å²) in [5.41, 5.74) is 20.5. The molecule has 200 valence electrons. The largest absolute Gasteiger partial charge is 4.00 e. The van der Waals surface area contributed by atoms with Gasteiger partial charge in [0.15, 0.2) is 0 Å². The number of nitrogens with one attached hydrogen (secondary N) is 3. The van der Waals surface area contributed by atoms with E-state index >= 15 is 0 Å². The summed E-state index contributed by atoms with van der Waals surface area (Å²) in [5, 5.41) is -1.75. The zero-order chi connectivity index (χ0) is 27.3. The summed E-state index contributed by atoms with van der Waals surface area (Å²) in [5.74, 6) is -19.2. The zero-order valence-electron chi connectivity index (χ0n) is 20.1. The summed E-state index contributed by atoms with van der Waals surface area (Å²) in [6, 6.07) is 2.24. The van der Waals surface area contributed by atoms with Gasteiger partial charge >= 0.3 is 51.7 Å². The van der Waals surface area contributed by atoms with Gasteiger partial charge in [0.1, 0.15) is 0 Å². The molecule has 0 heterocycles. The third-order valence-corrected chi connectivity index (χ3v) is 7.96. The van der Waals surface area contributed by atoms with Crippen molar-refractivity contribution in [2.24, 2.45) is 0 Å². The van der Waals surface area contributed by atoms with E-state index in [-0.39, 0.29) is 56.5 Å². The van der Waals surface area contributed by atoms with E-state index in [9.17, 15) is 39.5 Å². The van der Waals surface area contributed by atoms with Crippen LogP contribution < -0.4 is 5.19 Å². The van der Waals surface area contributed by atoms with E-state index < -0.39 is 30.7 Å². The van der Waals surface area contributed by atoms with Gasteiger partial charge in [0.25, 0.3) is 0 Å². The molecular formula is C20H34F9N3SiZr. The summed E-state index contributed by atoms with van der Waals surface area (Å²) in [6.45, 7) is 11.7. The maximum Gasteiger partial charge on any atom is 4.00 e. The smallest absolute Gasteiger partial charge is 0.675 e. The zero-order valence-corrected chi connectivity index (χ0v) is 23.5. The quantitative estimate of drug-likeness (QED) is 0.187. The van der Waals surface area contributed by atoms with E-state index in [1.165, 1.54) is 0 Å². The molecular weight excluding hydrogens is 573 g/mol. The number of hydrogen-bond donors (Lipinski definition) is 0. The molecule has 34 heavy (non-hydrogen) atoms. The van der Waals surface area contributed by atoms with Gasteiger partial charge in [-0.15, -0.1) is 23.3 Å². The van der Waals surface area contributed by atoms with Crippen molar-refractivity contribution in [3.05, 3.63) is 41.5 Å². The molecule has 14 heteroatoms. The minimum absolute atomic E-state index is 0. The molecule has 0 radical (unpaired) electrons. The van der Waals surface area contributed by atoms with Crippen LogP contribution in [-0.4, -0.2) is 43.6 Å². The minimum atomic E-state index is -7.72. The van der Waals surface area contributed by atoms with Crippen molar-refractivity contribution in [3.63, 3.8) is 0 Å². The molecule has 1 aromatic carbocycles. The van der Waals surface area contributed by atoms with Crippen LogP contribution in [0.4, 0.5) is 39.5 Å². The SMILES string of the molecule is CCC(C)[NH-].CCC(C)[NH-].CCC(C)[NH-].FC(F)(F)[Si]([c-]1cccc1)(C(F)(F)F)C(F)(F)F.[Zr+4]. The fourth-order valence-electron chi connectivity index (χ4n) is 1.60. The van der Waals surface area contributed by atoms with Gasteiger partial charge in [-0.1, -0.05) is 60.8 Å². The predicted octanol–water partition coefficient (Wildman–Crippen LogP) is 8.87. The average Bonchev–Trinajstić information content (AvgIpc) is 3.13. The van der Waals surface area contributed by atoms with E-state index in [0.717, 1.165) is 19.3 Å². The van der Waals surface area contributed by atoms with Crippen LogP contribution in [0.3, 0.4) is 0 Å². The van der Waals surface area contributed by atoms with Gasteiger partial charge in [-0.2, -0.15) is 51.6 Å². The van der Waals surface area contributed by atoms with Crippen molar-refractivity contribution in [1.29, 1.82) is 0 Å². The monoisotopic (exact) mass is 605 g/mol. The Morgan fingerprint density at radius 1 is 0.618 bits per heavy atom. The van der Waals surface area contributed by atoms with Crippen molar-refractivity contribution in [2.75, 3.05) is 0 Å². The number of alkyl halides is 9. The number of hydrogen-bond acceptors (Lipinski definition) is 0. The third-order valence-electron chi connectivity index (χ3n) is 4.21. The Hall–Kier alpha value is -0.300. The molecule has 0 aliphatic rings. The second-order valence-corrected chi connectivity index (χ2v) is 11.1. The Morgan fingerprint density at radius 3 is 0.912 bits per heavy atom. The summed E-state index contributed by atoms with van der Waals surface area (Å²) in [6.07, 6.45) is 2.92. The van der Waals surface area contributed by atoms with Crippen LogP contribution in [0.1, 0.15) is 60.8 Å². The molecule has 0 aliphatic heterocycles. The first-order valence-corrected chi connectivity index (χ1v) is 12.2. The molecule has 1 rings (SSSR count). The fraction of sp³-hybridized carbons (Fsp3) is 0.750. The Morgan fingerprint density at radius 2 is 0.794 bits per heavy atom. The molecule has 3 nitrogen and oxygen atoms in total. The number of halogens is 9. The molecule has 3 N–H and O–H groups in total. The van der Waals surface area contributed by atoms with E-state index in [1.54, 1.807) is 0 Å². The van der Waals surface area contributed by atoms with Crippen molar-refractivity contribution in [2.45, 2.75) is 96.3 Å². The van der Waals surface area contributed by atoms with Crippen molar-refractivity contribution in [3.8, 4) is 0 Å². The van der Waals surface area contributed by atoms with E-state index in [2.05, 4.69) is 0 Å². The van der Waals surface area contributed by atoms with Crippen LogP contribution in [0.25, 0.3) is 17.2 Å². The third kappa shape index (κ3) is 14.3. The summed E-state index contributed by atoms with van der Waals surface area (Å²) in [4.78, 5) is 0. The van der Waals surface area contributed by atoms with Crippen LogP contribution in [-0.2, 0) is 26.2 Å². The molecule has 0 aliphatic carbocycles. The molecule has 0 saturated carbocycles. The van der Waals surface area contributed by atoms with E-state index in [1.807, 2.05) is 41.5 Å². The minimum Gasteiger partial charge on any atom is -0.675 e. The van der Waals surface area contributed by atoms with Crippen molar-refractivity contribution < 1.29 is 65.7 Å². The normalized spacial score (nSPS) is 14.5. The topological polar surface area (TPSA) is 71.4 Å². The Kier molecular flexibility index (Phi) is 21.7. The molecule has 0 spiro atoms. The van der Waals surface area contributed by atoms with Crippen LogP contribution in [0.5, 0.6) is 0 Å². The predicted molar refractivity (Wildman–Crippen MR) is 118 cm³/mol. The Balaban J connectivity index is -0.000000231. The standard InChI is InChI=1S/C8H4F9Si.3C4H10N.Zr/c9-6(10,11)18(7(12,13)14,8(15,16)17)5-3-1-2-4-5;3*1-3-4(2)5;/h1-4H;3*4-5H,3H2,1-2H3;/q4*-1;+4. The Labute approximate surface area is 216 Å². The van der Waals surface area contributed by atoms with Gasteiger partial charge < -0.3 is 17.2 Å². The first-order valence-electron chi connectivity index (χ1n) is 10.2. The Bertz CT molecular complexity index is 531. The van der Waals surface area contributed by atoms with Crippen LogP contribution in [0, 0.1) is 0 Å². The first kappa shape index (κ1) is 40.9. The first-order chi connectivity index (χ1) is 14.7. The summed E-state index contributed by atoms with van der Waals surface area (Å²) in [7, 11) is -7.72. The second kappa shape index (κ2) is 18.0. The average molecular weight is 607 g/mol. The molecule has 0 bridgehead atoms. The summed E-state index contributed by atoms with van der Waals surface area (Å²) >= 11 is 0. The van der Waals surface area contributed by atoms with E-state index in [4.69, 9.17) is 17.2 Å². The van der Waals surface area contributed by atoms with E-state index in [0.29, 0.717) is 12.1 Å². The van der Waals surface area contributed by atoms with Crippen molar-refractivity contribution >= 4 is 13.3 Å².